The van der Waals surface area contributed by atoms with Crippen molar-refractivity contribution in [1.82, 2.24) is 0 Å². The summed E-state index contributed by atoms with van der Waals surface area (Å²) in [6.45, 7) is 0. The molecule has 0 saturated carbocycles. The molecule has 0 N–H and O–H groups in total. The maximum absolute atomic E-state index is 11.1. The van der Waals surface area contributed by atoms with E-state index >= 15 is 0 Å². The molecule has 0 rings (SSSR count). The van der Waals surface area contributed by atoms with Crippen LogP contribution in [0.3, 0.4) is 0 Å². The molecule has 0 spiro atoms. The van der Waals surface area contributed by atoms with Crippen LogP contribution in [0.1, 0.15) is 0 Å². The van der Waals surface area contributed by atoms with Gasteiger partial charge in [0.25, 0.3) is 0 Å². The van der Waals surface area contributed by atoms with Gasteiger partial charge in [0, 0.05) is 4.21 Å². The van der Waals surface area contributed by atoms with Crippen molar-refractivity contribution in [1.29, 1.82) is 0 Å². The Bertz CT molecular complexity index is 491. The van der Waals surface area contributed by atoms with Gasteiger partial charge in [0.15, 0.2) is 13.0 Å². The minimum Gasteiger partial charge on any atom is -0.0946 e. The van der Waals surface area contributed by atoms with Gasteiger partial charge in [-0.05, 0) is 23.2 Å². The van der Waals surface area contributed by atoms with Crippen LogP contribution in [0.4, 0.5) is 0 Å². The van der Waals surface area contributed by atoms with Gasteiger partial charge in [0.1, 0.15) is 0 Å². The Morgan fingerprint density at radius 3 is 0.917 bits per heavy atom. The standard InChI is InChI=1S/C7Cl15OS/c8-1(9,2(10,11)4(14,15)6(18,19)20)3(12,13)5(16,17)7(21,22)24-23/q+1. The van der Waals surface area contributed by atoms with Crippen LogP contribution in [0.5, 0.6) is 0 Å². The molecule has 0 aliphatic rings. The van der Waals surface area contributed by atoms with Crippen LogP contribution in [0.25, 0.3) is 0 Å². The third kappa shape index (κ3) is 4.51. The van der Waals surface area contributed by atoms with Gasteiger partial charge in [-0.2, -0.15) is 0 Å². The molecule has 0 heterocycles. The highest BCUT2D eigenvalue weighted by Gasteiger charge is 2.82. The van der Waals surface area contributed by atoms with E-state index < -0.39 is 40.8 Å². The predicted molar refractivity (Wildman–Crippen MR) is 115 cm³/mol. The van der Waals surface area contributed by atoms with E-state index in [0.717, 1.165) is 0 Å². The summed E-state index contributed by atoms with van der Waals surface area (Å²) in [6.07, 6.45) is 0. The van der Waals surface area contributed by atoms with Crippen LogP contribution in [0, 0.1) is 0 Å². The Morgan fingerprint density at radius 2 is 0.667 bits per heavy atom. The number of hydrogen-bond donors (Lipinski definition) is 0. The minimum atomic E-state index is -2.92. The van der Waals surface area contributed by atoms with Gasteiger partial charge in [0.2, 0.25) is 12.5 Å². The molecular weight excluding hydrogens is 664 g/mol. The molecule has 0 aliphatic carbocycles. The van der Waals surface area contributed by atoms with Gasteiger partial charge in [-0.15, -0.1) is 0 Å². The van der Waals surface area contributed by atoms with Crippen LogP contribution in [-0.4, -0.2) is 29.1 Å². The fourth-order valence-electron chi connectivity index (χ4n) is 1.00. The summed E-state index contributed by atoms with van der Waals surface area (Å²) < 4.78 is -8.31. The summed E-state index contributed by atoms with van der Waals surface area (Å²) in [4.78, 5) is 0. The quantitative estimate of drug-likeness (QED) is 0.205. The zero-order valence-corrected chi connectivity index (χ0v) is 22.1. The van der Waals surface area contributed by atoms with Gasteiger partial charge in [-0.25, -0.2) is 0 Å². The first-order valence-electron chi connectivity index (χ1n) is 4.71. The van der Waals surface area contributed by atoms with Crippen LogP contribution in [-0.2, 0) is 15.9 Å². The van der Waals surface area contributed by atoms with Gasteiger partial charge < -0.3 is 0 Å². The van der Waals surface area contributed by atoms with Crippen molar-refractivity contribution < 1.29 is 4.21 Å². The monoisotopic (exact) mass is 656 g/mol. The average Bonchev–Trinajstić information content (AvgIpc) is 2.36. The van der Waals surface area contributed by atoms with Gasteiger partial charge in [-0.1, -0.05) is 151 Å². The molecule has 0 aliphatic heterocycles. The van der Waals surface area contributed by atoms with Crippen molar-refractivity contribution in [3.05, 3.63) is 0 Å². The van der Waals surface area contributed by atoms with Gasteiger partial charge >= 0.3 is 15.3 Å². The van der Waals surface area contributed by atoms with E-state index in [4.69, 9.17) is 174 Å². The zero-order chi connectivity index (χ0) is 20.2. The van der Waals surface area contributed by atoms with Crippen LogP contribution in [0.2, 0.25) is 0 Å². The van der Waals surface area contributed by atoms with E-state index in [2.05, 4.69) is 0 Å². The second-order valence-electron chi connectivity index (χ2n) is 3.97. The van der Waals surface area contributed by atoms with E-state index in [1.807, 2.05) is 0 Å². The Hall–Kier alpha value is 4.37. The maximum atomic E-state index is 11.1. The van der Waals surface area contributed by atoms with E-state index in [0.29, 0.717) is 0 Å². The van der Waals surface area contributed by atoms with Crippen molar-refractivity contribution >= 4 is 186 Å². The van der Waals surface area contributed by atoms with Gasteiger partial charge in [-0.3, -0.25) is 0 Å². The molecule has 0 bridgehead atoms. The Balaban J connectivity index is 6.47. The van der Waals surface area contributed by atoms with Crippen molar-refractivity contribution in [3.63, 3.8) is 0 Å². The molecule has 0 saturated heterocycles. The third-order valence-corrected chi connectivity index (χ3v) is 13.1. The zero-order valence-electron chi connectivity index (χ0n) is 9.99. The van der Waals surface area contributed by atoms with Crippen molar-refractivity contribution in [2.24, 2.45) is 0 Å². The predicted octanol–water partition coefficient (Wildman–Crippen LogP) is 8.79. The van der Waals surface area contributed by atoms with Gasteiger partial charge in [0.05, 0.1) is 0 Å². The fraction of sp³-hybridized carbons (Fsp3) is 1.00. The fourth-order valence-corrected chi connectivity index (χ4v) is 5.60. The third-order valence-electron chi connectivity index (χ3n) is 2.40. The number of halogens is 15. The molecule has 0 radical (unpaired) electrons. The van der Waals surface area contributed by atoms with E-state index in [9.17, 15) is 4.21 Å². The lowest BCUT2D eigenvalue weighted by Gasteiger charge is -2.50. The molecule has 17 heteroatoms. The molecule has 0 amide bonds. The molecule has 144 valence electrons. The van der Waals surface area contributed by atoms with E-state index in [1.54, 1.807) is 0 Å². The number of rotatable bonds is 6. The van der Waals surface area contributed by atoms with E-state index in [-0.39, 0.29) is 0 Å². The average molecular weight is 664 g/mol. The molecule has 0 fully saturated rings. The Kier molecular flexibility index (Phi) is 10.0. The minimum absolute atomic E-state index is 0.499. The molecule has 0 aromatic rings. The second kappa shape index (κ2) is 8.48. The highest BCUT2D eigenvalue weighted by Crippen LogP contribution is 2.70. The first kappa shape index (κ1) is 28.4. The largest absolute Gasteiger partial charge is 0.504 e. The molecule has 24 heavy (non-hydrogen) atoms. The lowest BCUT2D eigenvalue weighted by molar-refractivity contribution is 0.494. The SMILES string of the molecule is O=[S+]C(Cl)(Cl)C(Cl)(Cl)C(Cl)(Cl)C(Cl)(Cl)C(Cl)(Cl)C(Cl)(Cl)C(Cl)(Cl)Cl. The lowest BCUT2D eigenvalue weighted by Crippen LogP contribution is -2.68. The first-order chi connectivity index (χ1) is 10.1. The number of hydrogen-bond acceptors (Lipinski definition) is 1. The summed E-state index contributed by atoms with van der Waals surface area (Å²) in [5.41, 5.74) is 0. The Labute approximate surface area is 216 Å². The summed E-state index contributed by atoms with van der Waals surface area (Å²) in [5.74, 6) is 0. The highest BCUT2D eigenvalue weighted by molar-refractivity contribution is 7.71. The summed E-state index contributed by atoms with van der Waals surface area (Å²) in [6, 6.07) is 0. The second-order valence-corrected chi connectivity index (χ2v) is 15.4. The van der Waals surface area contributed by atoms with Crippen molar-refractivity contribution in [2.75, 3.05) is 0 Å². The molecule has 1 nitrogen and oxygen atoms in total. The number of alkyl halides is 15. The lowest BCUT2D eigenvalue weighted by atomic mass is 10.1. The van der Waals surface area contributed by atoms with Crippen molar-refractivity contribution in [2.45, 2.75) is 29.1 Å². The highest BCUT2D eigenvalue weighted by atomic mass is 35.6. The maximum Gasteiger partial charge on any atom is 0.504 e. The summed E-state index contributed by atoms with van der Waals surface area (Å²) in [5, 5.41) is 0. The molecular formula is C7Cl15OS+. The topological polar surface area (TPSA) is 17.1 Å². The van der Waals surface area contributed by atoms with E-state index in [1.165, 1.54) is 0 Å². The smallest absolute Gasteiger partial charge is 0.0946 e. The van der Waals surface area contributed by atoms with Crippen LogP contribution in [0.15, 0.2) is 0 Å². The Morgan fingerprint density at radius 1 is 0.417 bits per heavy atom. The molecule has 0 aromatic carbocycles. The molecule has 0 unspecified atom stereocenters. The molecule has 0 atom stereocenters. The van der Waals surface area contributed by atoms with Crippen molar-refractivity contribution in [3.8, 4) is 0 Å². The van der Waals surface area contributed by atoms with Crippen LogP contribution >= 0.6 is 174 Å². The van der Waals surface area contributed by atoms with Crippen LogP contribution < -0.4 is 0 Å². The normalized spacial score (nSPS) is 16.3. The molecule has 0 aromatic heterocycles. The first-order valence-corrected chi connectivity index (χ1v) is 11.1. The summed E-state index contributed by atoms with van der Waals surface area (Å²) >= 11 is 87.6. The summed E-state index contributed by atoms with van der Waals surface area (Å²) in [7, 11) is 0.